The van der Waals surface area contributed by atoms with Crippen LogP contribution in [-0.2, 0) is 4.79 Å². The van der Waals surface area contributed by atoms with E-state index in [2.05, 4.69) is 15.6 Å². The lowest BCUT2D eigenvalue weighted by molar-refractivity contribution is -0.116. The van der Waals surface area contributed by atoms with Gasteiger partial charge in [0.2, 0.25) is 5.91 Å². The van der Waals surface area contributed by atoms with Gasteiger partial charge in [0.05, 0.1) is 17.3 Å². The fourth-order valence-corrected chi connectivity index (χ4v) is 5.10. The molecule has 8 nitrogen and oxygen atoms in total. The Balaban J connectivity index is 1.41. The smallest absolute Gasteiger partial charge is 0.335 e. The highest BCUT2D eigenvalue weighted by molar-refractivity contribution is 7.80. The monoisotopic (exact) mass is 540 g/mol. The number of nitrogens with zero attached hydrogens (tertiary/aromatic N) is 2. The maximum absolute atomic E-state index is 12.8. The second-order valence-corrected chi connectivity index (χ2v) is 9.91. The van der Waals surface area contributed by atoms with Crippen LogP contribution >= 0.6 is 12.2 Å². The third-order valence-corrected chi connectivity index (χ3v) is 7.12. The Morgan fingerprint density at radius 2 is 1.87 bits per heavy atom. The van der Waals surface area contributed by atoms with E-state index in [1.165, 1.54) is 0 Å². The molecule has 3 N–H and O–H groups in total. The highest BCUT2D eigenvalue weighted by atomic mass is 32.1. The number of carboxylic acids is 1. The van der Waals surface area contributed by atoms with Gasteiger partial charge in [0, 0.05) is 30.4 Å². The number of hydrogen-bond acceptors (Lipinski definition) is 5. The number of carboxylic acid groups (broad SMARTS) is 1. The first-order chi connectivity index (χ1) is 18.8. The van der Waals surface area contributed by atoms with Crippen molar-refractivity contribution in [3.63, 3.8) is 0 Å². The Kier molecular flexibility index (Phi) is 7.42. The number of furan rings is 1. The molecule has 0 spiro atoms. The van der Waals surface area contributed by atoms with E-state index in [-0.39, 0.29) is 30.0 Å². The maximum Gasteiger partial charge on any atom is 0.335 e. The zero-order valence-corrected chi connectivity index (χ0v) is 22.4. The van der Waals surface area contributed by atoms with Crippen LogP contribution in [0, 0.1) is 13.8 Å². The van der Waals surface area contributed by atoms with Gasteiger partial charge in [-0.3, -0.25) is 9.78 Å². The number of aryl methyl sites for hydroxylation is 2. The summed E-state index contributed by atoms with van der Waals surface area (Å²) in [5.74, 6) is 0.189. The maximum atomic E-state index is 12.8. The molecule has 2 atom stereocenters. The highest BCUT2D eigenvalue weighted by Gasteiger charge is 2.41. The fourth-order valence-electron chi connectivity index (χ4n) is 4.77. The Morgan fingerprint density at radius 3 is 2.56 bits per heavy atom. The van der Waals surface area contributed by atoms with Crippen molar-refractivity contribution in [1.82, 2.24) is 15.2 Å². The summed E-state index contributed by atoms with van der Waals surface area (Å²) in [5.41, 5.74) is 4.49. The van der Waals surface area contributed by atoms with Crippen LogP contribution in [0.5, 0.6) is 0 Å². The molecule has 3 heterocycles. The van der Waals surface area contributed by atoms with Crippen LogP contribution in [0.4, 0.5) is 5.69 Å². The van der Waals surface area contributed by atoms with Crippen LogP contribution in [0.25, 0.3) is 11.3 Å². The molecule has 1 saturated heterocycles. The number of rotatable bonds is 8. The van der Waals surface area contributed by atoms with Crippen molar-refractivity contribution in [2.24, 2.45) is 0 Å². The van der Waals surface area contributed by atoms with Crippen molar-refractivity contribution < 1.29 is 19.1 Å². The third kappa shape index (κ3) is 5.68. The second kappa shape index (κ2) is 11.1. The summed E-state index contributed by atoms with van der Waals surface area (Å²) >= 11 is 5.71. The molecule has 0 unspecified atom stereocenters. The van der Waals surface area contributed by atoms with Crippen molar-refractivity contribution >= 4 is 34.9 Å². The van der Waals surface area contributed by atoms with Gasteiger partial charge in [-0.05, 0) is 80.2 Å². The lowest BCUT2D eigenvalue weighted by atomic mass is 10.0. The van der Waals surface area contributed by atoms with Crippen LogP contribution in [0.2, 0.25) is 0 Å². The number of carbonyl (C=O) groups is 2. The lowest BCUT2D eigenvalue weighted by Gasteiger charge is -2.25. The molecule has 0 saturated carbocycles. The van der Waals surface area contributed by atoms with E-state index in [1.807, 2.05) is 73.3 Å². The number of anilines is 1. The molecule has 2 aromatic heterocycles. The minimum atomic E-state index is -0.976. The topological polar surface area (TPSA) is 108 Å². The minimum absolute atomic E-state index is 0.115. The average molecular weight is 541 g/mol. The van der Waals surface area contributed by atoms with Crippen molar-refractivity contribution in [3.05, 3.63) is 107 Å². The normalized spacial score (nSPS) is 16.7. The summed E-state index contributed by atoms with van der Waals surface area (Å²) in [6.45, 7) is 4.23. The summed E-state index contributed by atoms with van der Waals surface area (Å²) in [6, 6.07) is 21.5. The first-order valence-electron chi connectivity index (χ1n) is 12.6. The van der Waals surface area contributed by atoms with Crippen LogP contribution in [0.3, 0.4) is 0 Å². The van der Waals surface area contributed by atoms with Gasteiger partial charge in [0.25, 0.3) is 0 Å². The Bertz CT molecular complexity index is 1520. The van der Waals surface area contributed by atoms with E-state index in [4.69, 9.17) is 16.6 Å². The number of hydrogen-bond donors (Lipinski definition) is 3. The number of aromatic nitrogens is 1. The molecule has 5 rings (SSSR count). The molecular weight excluding hydrogens is 512 g/mol. The Hall–Kier alpha value is -4.50. The molecule has 1 amide bonds. The zero-order valence-electron chi connectivity index (χ0n) is 21.5. The first kappa shape index (κ1) is 26.1. The number of amides is 1. The number of benzene rings is 2. The molecule has 0 bridgehead atoms. The number of pyridine rings is 1. The molecular formula is C30H28N4O4S. The van der Waals surface area contributed by atoms with Gasteiger partial charge >= 0.3 is 5.97 Å². The molecule has 2 aromatic carbocycles. The van der Waals surface area contributed by atoms with E-state index in [1.54, 1.807) is 24.4 Å². The third-order valence-electron chi connectivity index (χ3n) is 6.77. The van der Waals surface area contributed by atoms with E-state index in [0.717, 1.165) is 28.1 Å². The predicted octanol–water partition coefficient (Wildman–Crippen LogP) is 5.66. The van der Waals surface area contributed by atoms with Gasteiger partial charge in [-0.2, -0.15) is 0 Å². The van der Waals surface area contributed by atoms with Crippen LogP contribution in [-0.4, -0.2) is 38.5 Å². The Labute approximate surface area is 231 Å². The summed E-state index contributed by atoms with van der Waals surface area (Å²) < 4.78 is 6.36. The summed E-state index contributed by atoms with van der Waals surface area (Å²) in [7, 11) is 0. The van der Waals surface area contributed by atoms with Crippen molar-refractivity contribution in [1.29, 1.82) is 0 Å². The van der Waals surface area contributed by atoms with E-state index in [0.29, 0.717) is 23.2 Å². The van der Waals surface area contributed by atoms with Crippen molar-refractivity contribution in [3.8, 4) is 11.3 Å². The first-order valence-corrected chi connectivity index (χ1v) is 13.0. The molecule has 9 heteroatoms. The number of carbonyl (C=O) groups excluding carboxylic acids is 1. The number of thiocarbonyl (C=S) groups is 1. The summed E-state index contributed by atoms with van der Waals surface area (Å²) in [6.07, 6.45) is 1.96. The molecule has 1 aliphatic rings. The Morgan fingerprint density at radius 1 is 1.08 bits per heavy atom. The molecule has 39 heavy (non-hydrogen) atoms. The standard InChI is InChI=1S/C30H28N4O4S/c1-18-6-9-21(10-7-18)32-26(35)14-16-34-28(27(33-30(34)39)23-5-3-4-15-31-23)25-13-12-24(38-25)22-11-8-20(29(36)37)17-19(22)2/h3-13,15,17,27-28H,14,16H2,1-2H3,(H,32,35)(H,33,39)(H,36,37)/t27-,28-/m1/s1. The van der Waals surface area contributed by atoms with Crippen molar-refractivity contribution in [2.45, 2.75) is 32.4 Å². The number of nitrogens with one attached hydrogen (secondary N) is 2. The van der Waals surface area contributed by atoms with Crippen molar-refractivity contribution in [2.75, 3.05) is 11.9 Å². The van der Waals surface area contributed by atoms with E-state index in [9.17, 15) is 14.7 Å². The molecule has 4 aromatic rings. The summed E-state index contributed by atoms with van der Waals surface area (Å²) in [5, 5.41) is 16.1. The quantitative estimate of drug-likeness (QED) is 0.246. The highest BCUT2D eigenvalue weighted by Crippen LogP contribution is 2.40. The van der Waals surface area contributed by atoms with Gasteiger partial charge in [-0.1, -0.05) is 29.8 Å². The summed E-state index contributed by atoms with van der Waals surface area (Å²) in [4.78, 5) is 30.6. The molecule has 0 radical (unpaired) electrons. The second-order valence-electron chi connectivity index (χ2n) is 9.52. The fraction of sp³-hybridized carbons (Fsp3) is 0.200. The van der Waals surface area contributed by atoms with Crippen LogP contribution < -0.4 is 10.6 Å². The van der Waals surface area contributed by atoms with E-state index < -0.39 is 5.97 Å². The molecule has 0 aliphatic carbocycles. The molecule has 198 valence electrons. The zero-order chi connectivity index (χ0) is 27.5. The SMILES string of the molecule is Cc1ccc(NC(=O)CCN2C(=S)N[C@H](c3ccccn3)[C@H]2c2ccc(-c3ccc(C(=O)O)cc3C)o2)cc1. The van der Waals surface area contributed by atoms with Gasteiger partial charge in [0.15, 0.2) is 5.11 Å². The largest absolute Gasteiger partial charge is 0.478 e. The van der Waals surface area contributed by atoms with E-state index >= 15 is 0 Å². The lowest BCUT2D eigenvalue weighted by Crippen LogP contribution is -2.32. The van der Waals surface area contributed by atoms with Gasteiger partial charge in [0.1, 0.15) is 17.6 Å². The minimum Gasteiger partial charge on any atom is -0.478 e. The van der Waals surface area contributed by atoms with Crippen LogP contribution in [0.15, 0.2) is 83.4 Å². The van der Waals surface area contributed by atoms with Gasteiger partial charge in [-0.15, -0.1) is 0 Å². The molecule has 1 aliphatic heterocycles. The predicted molar refractivity (Wildman–Crippen MR) is 152 cm³/mol. The van der Waals surface area contributed by atoms with Gasteiger partial charge < -0.3 is 25.1 Å². The van der Waals surface area contributed by atoms with Gasteiger partial charge in [-0.25, -0.2) is 4.79 Å². The average Bonchev–Trinajstić information content (AvgIpc) is 3.53. The number of aromatic carboxylic acids is 1. The van der Waals surface area contributed by atoms with Crippen LogP contribution in [0.1, 0.15) is 51.4 Å². The molecule has 1 fully saturated rings.